The highest BCUT2D eigenvalue weighted by atomic mass is 35.5. The number of hydrogen-bond acceptors (Lipinski definition) is 8. The number of halogens is 1. The fourth-order valence-electron chi connectivity index (χ4n) is 6.66. The van der Waals surface area contributed by atoms with Crippen LogP contribution < -0.4 is 4.74 Å². The topological polar surface area (TPSA) is 123 Å². The van der Waals surface area contributed by atoms with Gasteiger partial charge in [-0.2, -0.15) is 0 Å². The van der Waals surface area contributed by atoms with E-state index in [4.69, 9.17) is 25.8 Å². The lowest BCUT2D eigenvalue weighted by molar-refractivity contribution is -0.189. The zero-order valence-corrected chi connectivity index (χ0v) is 30.6. The molecule has 1 aliphatic heterocycles. The van der Waals surface area contributed by atoms with Gasteiger partial charge in [0, 0.05) is 16.7 Å². The maximum absolute atomic E-state index is 13.6. The van der Waals surface area contributed by atoms with Crippen LogP contribution in [0.4, 0.5) is 0 Å². The van der Waals surface area contributed by atoms with Crippen molar-refractivity contribution in [3.05, 3.63) is 102 Å². The van der Waals surface area contributed by atoms with Crippen LogP contribution in [0.2, 0.25) is 0 Å². The highest BCUT2D eigenvalue weighted by Crippen LogP contribution is 2.55. The predicted octanol–water partition coefficient (Wildman–Crippen LogP) is 7.95. The summed E-state index contributed by atoms with van der Waals surface area (Å²) in [7, 11) is 0. The molecular formula is C41H52ClNO8. The van der Waals surface area contributed by atoms with Crippen molar-refractivity contribution in [2.45, 2.75) is 101 Å². The third kappa shape index (κ3) is 10.1. The van der Waals surface area contributed by atoms with Gasteiger partial charge in [-0.05, 0) is 44.6 Å². The lowest BCUT2D eigenvalue weighted by atomic mass is 9.77. The average Bonchev–Trinajstić information content (AvgIpc) is 3.16. The molecule has 0 radical (unpaired) electrons. The first-order valence-corrected chi connectivity index (χ1v) is 18.6. The summed E-state index contributed by atoms with van der Waals surface area (Å²) in [5, 5.41) is 18.4. The van der Waals surface area contributed by atoms with Gasteiger partial charge in [0.1, 0.15) is 5.75 Å². The van der Waals surface area contributed by atoms with Gasteiger partial charge in [0.15, 0.2) is 5.60 Å². The van der Waals surface area contributed by atoms with Gasteiger partial charge in [-0.15, -0.1) is 0 Å². The van der Waals surface area contributed by atoms with E-state index in [-0.39, 0.29) is 5.56 Å². The predicted molar refractivity (Wildman–Crippen MR) is 196 cm³/mol. The molecule has 51 heavy (non-hydrogen) atoms. The van der Waals surface area contributed by atoms with Gasteiger partial charge in [0.25, 0.3) is 5.06 Å². The van der Waals surface area contributed by atoms with Gasteiger partial charge >= 0.3 is 17.9 Å². The molecule has 1 saturated heterocycles. The van der Waals surface area contributed by atoms with E-state index in [9.17, 15) is 24.6 Å². The molecule has 1 aliphatic rings. The van der Waals surface area contributed by atoms with Crippen LogP contribution >= 0.6 is 11.6 Å². The zero-order chi connectivity index (χ0) is 36.7. The van der Waals surface area contributed by atoms with Crippen molar-refractivity contribution in [2.24, 2.45) is 0 Å². The van der Waals surface area contributed by atoms with Crippen LogP contribution in [0, 0.1) is 0 Å². The Morgan fingerprint density at radius 2 is 1.18 bits per heavy atom. The SMILES string of the molecule is CCN(CC)CCCCCCCCCCCOc1ccc(C2(c3ccccc3)OC(=O)CC(O)(C(=O)O)CC(=O)OC2(Cl)c2ccccc2)cc1. The van der Waals surface area contributed by atoms with Crippen LogP contribution in [0.3, 0.4) is 0 Å². The Kier molecular flexibility index (Phi) is 14.9. The van der Waals surface area contributed by atoms with Crippen LogP contribution in [0.5, 0.6) is 5.75 Å². The van der Waals surface area contributed by atoms with Crippen LogP contribution in [0.15, 0.2) is 84.9 Å². The summed E-state index contributed by atoms with van der Waals surface area (Å²) < 4.78 is 18.2. The van der Waals surface area contributed by atoms with Gasteiger partial charge in [-0.3, -0.25) is 9.59 Å². The van der Waals surface area contributed by atoms with E-state index in [1.807, 2.05) is 0 Å². The number of unbranched alkanes of at least 4 members (excludes halogenated alkanes) is 8. The summed E-state index contributed by atoms with van der Waals surface area (Å²) in [6.45, 7) is 8.44. The lowest BCUT2D eigenvalue weighted by Crippen LogP contribution is -2.52. The third-order valence-corrected chi connectivity index (χ3v) is 10.2. The summed E-state index contributed by atoms with van der Waals surface area (Å²) in [6.07, 6.45) is 8.78. The summed E-state index contributed by atoms with van der Waals surface area (Å²) in [4.78, 5) is 41.6. The summed E-state index contributed by atoms with van der Waals surface area (Å²) in [5.74, 6) is -3.37. The van der Waals surface area contributed by atoms with E-state index < -0.39 is 47.0 Å². The lowest BCUT2D eigenvalue weighted by Gasteiger charge is -2.45. The van der Waals surface area contributed by atoms with Crippen LogP contribution in [0.25, 0.3) is 0 Å². The zero-order valence-electron chi connectivity index (χ0n) is 29.9. The molecule has 1 heterocycles. The van der Waals surface area contributed by atoms with Gasteiger partial charge in [-0.1, -0.05) is 143 Å². The van der Waals surface area contributed by atoms with Gasteiger partial charge in [0.05, 0.1) is 19.4 Å². The molecule has 2 N–H and O–H groups in total. The third-order valence-electron chi connectivity index (χ3n) is 9.61. The highest BCUT2D eigenvalue weighted by molar-refractivity contribution is 6.25. The Hall–Kier alpha value is -3.92. The minimum atomic E-state index is -2.77. The second-order valence-electron chi connectivity index (χ2n) is 13.2. The molecule has 3 aromatic rings. The first-order valence-electron chi connectivity index (χ1n) is 18.2. The van der Waals surface area contributed by atoms with Crippen LogP contribution in [-0.4, -0.2) is 64.9 Å². The van der Waals surface area contributed by atoms with Crippen molar-refractivity contribution in [1.82, 2.24) is 4.90 Å². The molecule has 3 aromatic carbocycles. The fraction of sp³-hybridized carbons (Fsp3) is 0.488. The first kappa shape index (κ1) is 39.9. The highest BCUT2D eigenvalue weighted by Gasteiger charge is 2.62. The quantitative estimate of drug-likeness (QED) is 0.0721. The van der Waals surface area contributed by atoms with Crippen LogP contribution in [-0.2, 0) is 34.5 Å². The smallest absolute Gasteiger partial charge is 0.336 e. The van der Waals surface area contributed by atoms with Crippen LogP contribution in [0.1, 0.15) is 101 Å². The molecule has 0 spiro atoms. The summed E-state index contributed by atoms with van der Waals surface area (Å²) in [5.41, 5.74) is -3.81. The molecule has 0 amide bonds. The Labute approximate surface area is 306 Å². The number of esters is 2. The number of aliphatic carboxylic acids is 1. The number of carbonyl (C=O) groups is 3. The Balaban J connectivity index is 1.48. The first-order chi connectivity index (χ1) is 24.6. The van der Waals surface area contributed by atoms with Gasteiger partial charge in [-0.25, -0.2) is 4.79 Å². The fourth-order valence-corrected chi connectivity index (χ4v) is 7.13. The molecule has 1 fully saturated rings. The minimum Gasteiger partial charge on any atom is -0.494 e. The molecule has 4 rings (SSSR count). The Bertz CT molecular complexity index is 1530. The Morgan fingerprint density at radius 1 is 0.706 bits per heavy atom. The van der Waals surface area contributed by atoms with E-state index in [0.717, 1.165) is 25.9 Å². The number of ether oxygens (including phenoxy) is 3. The molecular weight excluding hydrogens is 670 g/mol. The molecule has 10 heteroatoms. The number of aliphatic hydroxyl groups is 1. The minimum absolute atomic E-state index is 0.271. The summed E-state index contributed by atoms with van der Waals surface area (Å²) >= 11 is 7.44. The van der Waals surface area contributed by atoms with Crippen molar-refractivity contribution in [1.29, 1.82) is 0 Å². The standard InChI is InChI=1S/C41H52ClNO8/c1-3-43(4-2)28-18-10-8-6-5-7-9-11-19-29-49-35-26-24-33(25-27-35)40(32-20-14-12-15-21-32)41(42,34-22-16-13-17-23-34)51-37(45)31-39(48,38(46)47)30-36(44)50-40/h12-17,20-27,48H,3-11,18-19,28-31H2,1-2H3,(H,46,47). The molecule has 3 atom stereocenters. The van der Waals surface area contributed by atoms with E-state index in [2.05, 4.69) is 18.7 Å². The number of nitrogens with zero attached hydrogens (tertiary/aromatic N) is 1. The molecule has 0 bridgehead atoms. The van der Waals surface area contributed by atoms with Crippen molar-refractivity contribution in [3.63, 3.8) is 0 Å². The van der Waals surface area contributed by atoms with Gasteiger partial charge in [0.2, 0.25) is 5.60 Å². The van der Waals surface area contributed by atoms with Crippen molar-refractivity contribution in [3.8, 4) is 5.75 Å². The second-order valence-corrected chi connectivity index (χ2v) is 13.8. The van der Waals surface area contributed by atoms with Gasteiger partial charge < -0.3 is 29.3 Å². The number of carboxylic acid groups (broad SMARTS) is 1. The number of rotatable bonds is 19. The molecule has 3 unspecified atom stereocenters. The number of benzene rings is 3. The molecule has 276 valence electrons. The van der Waals surface area contributed by atoms with E-state index >= 15 is 0 Å². The normalized spacial score (nSPS) is 22.4. The molecule has 0 aliphatic carbocycles. The van der Waals surface area contributed by atoms with E-state index in [0.29, 0.717) is 23.5 Å². The monoisotopic (exact) mass is 721 g/mol. The molecule has 9 nitrogen and oxygen atoms in total. The number of carboxylic acids is 1. The maximum atomic E-state index is 13.6. The Morgan fingerprint density at radius 3 is 1.71 bits per heavy atom. The average molecular weight is 722 g/mol. The largest absolute Gasteiger partial charge is 0.494 e. The second kappa shape index (κ2) is 19.1. The van der Waals surface area contributed by atoms with E-state index in [1.54, 1.807) is 84.9 Å². The van der Waals surface area contributed by atoms with E-state index in [1.165, 1.54) is 51.5 Å². The van der Waals surface area contributed by atoms with Crippen molar-refractivity contribution < 1.29 is 38.8 Å². The van der Waals surface area contributed by atoms with Crippen molar-refractivity contribution in [2.75, 3.05) is 26.2 Å². The maximum Gasteiger partial charge on any atom is 0.336 e. The summed E-state index contributed by atoms with van der Waals surface area (Å²) in [6, 6.07) is 23.8. The number of carbonyl (C=O) groups excluding carboxylic acids is 2. The molecule has 0 saturated carbocycles. The number of hydrogen-bond donors (Lipinski definition) is 2. The number of cyclic esters (lactones) is 2. The van der Waals surface area contributed by atoms with Crippen molar-refractivity contribution >= 4 is 29.5 Å². The molecule has 0 aromatic heterocycles. The number of alkyl halides is 1.